The number of hydrogen-bond donors (Lipinski definition) is 1. The quantitative estimate of drug-likeness (QED) is 0.899. The number of para-hydroxylation sites is 1. The predicted molar refractivity (Wildman–Crippen MR) is 85.4 cm³/mol. The average Bonchev–Trinajstić information content (AvgIpc) is 3.17. The number of likely N-dealkylation sites (tertiary alicyclic amines) is 1. The molecule has 0 radical (unpaired) electrons. The van der Waals surface area contributed by atoms with Crippen LogP contribution in [0.15, 0.2) is 18.2 Å². The van der Waals surface area contributed by atoms with E-state index in [1.54, 1.807) is 7.11 Å². The number of ether oxygens (including phenoxy) is 3. The van der Waals surface area contributed by atoms with E-state index in [1.807, 2.05) is 12.1 Å². The Balaban J connectivity index is 1.89. The van der Waals surface area contributed by atoms with Crippen LogP contribution in [0, 0.1) is 5.92 Å². The summed E-state index contributed by atoms with van der Waals surface area (Å²) < 4.78 is 17.2. The lowest BCUT2D eigenvalue weighted by Crippen LogP contribution is -2.22. The molecule has 3 unspecified atom stereocenters. The van der Waals surface area contributed by atoms with E-state index in [2.05, 4.69) is 18.0 Å². The first-order chi connectivity index (χ1) is 10.7. The van der Waals surface area contributed by atoms with Gasteiger partial charge in [-0.15, -0.1) is 0 Å². The number of nitrogens with two attached hydrogens (primary N) is 1. The van der Waals surface area contributed by atoms with E-state index >= 15 is 0 Å². The van der Waals surface area contributed by atoms with E-state index in [9.17, 15) is 0 Å². The smallest absolute Gasteiger partial charge is 0.166 e. The first kappa shape index (κ1) is 15.6. The van der Waals surface area contributed by atoms with Gasteiger partial charge in [-0.25, -0.2) is 0 Å². The molecule has 122 valence electrons. The number of hydrogen-bond acceptors (Lipinski definition) is 5. The van der Waals surface area contributed by atoms with Crippen LogP contribution in [0.5, 0.6) is 11.5 Å². The number of nitrogens with zero attached hydrogens (tertiary/aromatic N) is 1. The van der Waals surface area contributed by atoms with Gasteiger partial charge in [-0.05, 0) is 32.0 Å². The molecular weight excluding hydrogens is 280 g/mol. The summed E-state index contributed by atoms with van der Waals surface area (Å²) in [5.74, 6) is 2.22. The topological polar surface area (TPSA) is 57.0 Å². The highest BCUT2D eigenvalue weighted by Crippen LogP contribution is 2.43. The highest BCUT2D eigenvalue weighted by atomic mass is 16.6. The first-order valence-corrected chi connectivity index (χ1v) is 8.04. The highest BCUT2D eigenvalue weighted by molar-refractivity contribution is 5.48. The van der Waals surface area contributed by atoms with E-state index < -0.39 is 0 Å². The van der Waals surface area contributed by atoms with Gasteiger partial charge in [-0.3, -0.25) is 4.90 Å². The SMILES string of the molecule is COc1cccc(C2CC(CN)CN2C)c1OC1CCOC1. The molecule has 22 heavy (non-hydrogen) atoms. The van der Waals surface area contributed by atoms with E-state index in [-0.39, 0.29) is 6.10 Å². The van der Waals surface area contributed by atoms with Crippen LogP contribution in [0.25, 0.3) is 0 Å². The Morgan fingerprint density at radius 3 is 2.91 bits per heavy atom. The lowest BCUT2D eigenvalue weighted by molar-refractivity contribution is 0.136. The Morgan fingerprint density at radius 1 is 1.41 bits per heavy atom. The minimum atomic E-state index is 0.118. The van der Waals surface area contributed by atoms with Crippen LogP contribution in [0.1, 0.15) is 24.4 Å². The second-order valence-corrected chi connectivity index (χ2v) is 6.27. The maximum atomic E-state index is 6.25. The van der Waals surface area contributed by atoms with Crippen LogP contribution in [-0.2, 0) is 4.74 Å². The normalized spacial score (nSPS) is 29.0. The molecule has 2 aliphatic heterocycles. The van der Waals surface area contributed by atoms with Gasteiger partial charge in [-0.1, -0.05) is 12.1 Å². The van der Waals surface area contributed by atoms with Crippen molar-refractivity contribution in [3.63, 3.8) is 0 Å². The Morgan fingerprint density at radius 2 is 2.27 bits per heavy atom. The van der Waals surface area contributed by atoms with Gasteiger partial charge in [0.05, 0.1) is 20.3 Å². The summed E-state index contributed by atoms with van der Waals surface area (Å²) >= 11 is 0. The minimum absolute atomic E-state index is 0.118. The zero-order valence-corrected chi connectivity index (χ0v) is 13.5. The fourth-order valence-corrected chi connectivity index (χ4v) is 3.49. The van der Waals surface area contributed by atoms with Crippen LogP contribution in [0.4, 0.5) is 0 Å². The molecule has 1 aromatic rings. The van der Waals surface area contributed by atoms with Crippen LogP contribution in [0.2, 0.25) is 0 Å². The van der Waals surface area contributed by atoms with Crippen molar-refractivity contribution in [2.45, 2.75) is 25.0 Å². The molecule has 0 aromatic heterocycles. The molecule has 2 N–H and O–H groups in total. The summed E-state index contributed by atoms with van der Waals surface area (Å²) in [7, 11) is 3.85. The summed E-state index contributed by atoms with van der Waals surface area (Å²) in [6.45, 7) is 3.19. The van der Waals surface area contributed by atoms with Crippen molar-refractivity contribution in [3.8, 4) is 11.5 Å². The summed E-state index contributed by atoms with van der Waals surface area (Å²) in [5, 5.41) is 0. The van der Waals surface area contributed by atoms with Gasteiger partial charge in [-0.2, -0.15) is 0 Å². The van der Waals surface area contributed by atoms with E-state index in [0.29, 0.717) is 18.6 Å². The van der Waals surface area contributed by atoms with E-state index in [0.717, 1.165) is 44.0 Å². The molecule has 0 saturated carbocycles. The van der Waals surface area contributed by atoms with Gasteiger partial charge in [0.25, 0.3) is 0 Å². The Bertz CT molecular complexity index is 503. The molecule has 5 heteroatoms. The monoisotopic (exact) mass is 306 g/mol. The molecule has 2 saturated heterocycles. The highest BCUT2D eigenvalue weighted by Gasteiger charge is 2.33. The van der Waals surface area contributed by atoms with Crippen LogP contribution in [-0.4, -0.2) is 51.5 Å². The molecule has 0 bridgehead atoms. The third-order valence-corrected chi connectivity index (χ3v) is 4.73. The maximum absolute atomic E-state index is 6.25. The van der Waals surface area contributed by atoms with Gasteiger partial charge >= 0.3 is 0 Å². The summed E-state index contributed by atoms with van der Waals surface area (Å²) in [6, 6.07) is 6.48. The van der Waals surface area contributed by atoms with Crippen LogP contribution >= 0.6 is 0 Å². The molecule has 2 heterocycles. The molecule has 0 aliphatic carbocycles. The molecular formula is C17H26N2O3. The van der Waals surface area contributed by atoms with Gasteiger partial charge in [0.1, 0.15) is 6.10 Å². The van der Waals surface area contributed by atoms with Gasteiger partial charge < -0.3 is 19.9 Å². The van der Waals surface area contributed by atoms with Crippen molar-refractivity contribution in [3.05, 3.63) is 23.8 Å². The number of rotatable bonds is 5. The molecule has 3 rings (SSSR count). The Labute approximate surface area is 132 Å². The summed E-state index contributed by atoms with van der Waals surface area (Å²) in [4.78, 5) is 2.37. The number of benzene rings is 1. The molecule has 2 fully saturated rings. The Hall–Kier alpha value is -1.30. The lowest BCUT2D eigenvalue weighted by Gasteiger charge is -2.25. The maximum Gasteiger partial charge on any atom is 0.166 e. The lowest BCUT2D eigenvalue weighted by atomic mass is 9.98. The van der Waals surface area contributed by atoms with E-state index in [1.165, 1.54) is 5.56 Å². The van der Waals surface area contributed by atoms with Crippen molar-refractivity contribution >= 4 is 0 Å². The largest absolute Gasteiger partial charge is 0.493 e. The third kappa shape index (κ3) is 3.07. The van der Waals surface area contributed by atoms with E-state index in [4.69, 9.17) is 19.9 Å². The van der Waals surface area contributed by atoms with Crippen molar-refractivity contribution in [1.29, 1.82) is 0 Å². The minimum Gasteiger partial charge on any atom is -0.493 e. The molecule has 5 nitrogen and oxygen atoms in total. The van der Waals surface area contributed by atoms with Gasteiger partial charge in [0.15, 0.2) is 11.5 Å². The zero-order valence-electron chi connectivity index (χ0n) is 13.5. The molecule has 2 aliphatic rings. The Kier molecular flexibility index (Phi) is 4.86. The average molecular weight is 306 g/mol. The van der Waals surface area contributed by atoms with Crippen LogP contribution in [0.3, 0.4) is 0 Å². The third-order valence-electron chi connectivity index (χ3n) is 4.73. The zero-order chi connectivity index (χ0) is 15.5. The standard InChI is InChI=1S/C17H26N2O3/c1-19-10-12(9-18)8-15(19)14-4-3-5-16(20-2)17(14)22-13-6-7-21-11-13/h3-5,12-13,15H,6-11,18H2,1-2H3. The van der Waals surface area contributed by atoms with Crippen molar-refractivity contribution < 1.29 is 14.2 Å². The van der Waals surface area contributed by atoms with Crippen molar-refractivity contribution in [2.75, 3.05) is 40.5 Å². The fraction of sp³-hybridized carbons (Fsp3) is 0.647. The molecule has 3 atom stereocenters. The van der Waals surface area contributed by atoms with Crippen molar-refractivity contribution in [2.24, 2.45) is 11.7 Å². The molecule has 0 spiro atoms. The molecule has 0 amide bonds. The van der Waals surface area contributed by atoms with Crippen LogP contribution < -0.4 is 15.2 Å². The fourth-order valence-electron chi connectivity index (χ4n) is 3.49. The molecule has 1 aromatic carbocycles. The second-order valence-electron chi connectivity index (χ2n) is 6.27. The van der Waals surface area contributed by atoms with Gasteiger partial charge in [0.2, 0.25) is 0 Å². The summed E-state index contributed by atoms with van der Waals surface area (Å²) in [6.07, 6.45) is 2.12. The predicted octanol–water partition coefficient (Wildman–Crippen LogP) is 1.81. The van der Waals surface area contributed by atoms with Crippen molar-refractivity contribution in [1.82, 2.24) is 4.90 Å². The number of methoxy groups -OCH3 is 1. The first-order valence-electron chi connectivity index (χ1n) is 8.04. The second kappa shape index (κ2) is 6.86. The summed E-state index contributed by atoms with van der Waals surface area (Å²) in [5.41, 5.74) is 7.06. The van der Waals surface area contributed by atoms with Gasteiger partial charge in [0, 0.05) is 24.6 Å².